The highest BCUT2D eigenvalue weighted by Crippen LogP contribution is 2.07. The molecule has 0 radical (unpaired) electrons. The molecule has 0 saturated heterocycles. The third-order valence-electron chi connectivity index (χ3n) is 2.47. The van der Waals surface area contributed by atoms with Crippen LogP contribution in [-0.2, 0) is 0 Å². The first kappa shape index (κ1) is 15.3. The van der Waals surface area contributed by atoms with E-state index in [1.54, 1.807) is 6.92 Å². The fourth-order valence-electron chi connectivity index (χ4n) is 1.44. The summed E-state index contributed by atoms with van der Waals surface area (Å²) in [6, 6.07) is 9.37. The third kappa shape index (κ3) is 8.05. The monoisotopic (exact) mass is 266 g/mol. The van der Waals surface area contributed by atoms with Crippen molar-refractivity contribution >= 4 is 6.03 Å². The maximum absolute atomic E-state index is 11.3. The van der Waals surface area contributed by atoms with E-state index in [0.29, 0.717) is 26.1 Å². The van der Waals surface area contributed by atoms with Crippen molar-refractivity contribution < 1.29 is 14.6 Å². The summed E-state index contributed by atoms with van der Waals surface area (Å²) < 4.78 is 5.50. The van der Waals surface area contributed by atoms with Crippen molar-refractivity contribution in [2.24, 2.45) is 0 Å². The van der Waals surface area contributed by atoms with E-state index in [-0.39, 0.29) is 12.1 Å². The number of aliphatic hydroxyl groups is 1. The number of carbonyl (C=O) groups is 1. The average molecular weight is 266 g/mol. The zero-order valence-corrected chi connectivity index (χ0v) is 11.3. The van der Waals surface area contributed by atoms with E-state index in [1.807, 2.05) is 30.3 Å². The molecule has 1 aromatic rings. The van der Waals surface area contributed by atoms with Gasteiger partial charge in [-0.2, -0.15) is 0 Å². The minimum atomic E-state index is -0.389. The van der Waals surface area contributed by atoms with Crippen molar-refractivity contribution in [1.82, 2.24) is 10.6 Å². The van der Waals surface area contributed by atoms with Crippen LogP contribution in [0.3, 0.4) is 0 Å². The van der Waals surface area contributed by atoms with Crippen LogP contribution in [0.2, 0.25) is 0 Å². The summed E-state index contributed by atoms with van der Waals surface area (Å²) in [4.78, 5) is 11.3. The molecule has 0 aliphatic carbocycles. The number of benzene rings is 1. The smallest absolute Gasteiger partial charge is 0.314 e. The van der Waals surface area contributed by atoms with Gasteiger partial charge in [0.2, 0.25) is 0 Å². The Morgan fingerprint density at radius 1 is 1.26 bits per heavy atom. The number of amides is 2. The lowest BCUT2D eigenvalue weighted by atomic mass is 10.3. The van der Waals surface area contributed by atoms with E-state index in [0.717, 1.165) is 12.2 Å². The molecule has 0 bridgehead atoms. The lowest BCUT2D eigenvalue weighted by molar-refractivity contribution is 0.183. The summed E-state index contributed by atoms with van der Waals surface area (Å²) in [6.07, 6.45) is 0.920. The van der Waals surface area contributed by atoms with Crippen molar-refractivity contribution in [3.63, 3.8) is 0 Å². The molecule has 3 N–H and O–H groups in total. The van der Waals surface area contributed by atoms with E-state index in [4.69, 9.17) is 9.84 Å². The second-order valence-corrected chi connectivity index (χ2v) is 4.34. The highest BCUT2D eigenvalue weighted by Gasteiger charge is 2.00. The maximum Gasteiger partial charge on any atom is 0.314 e. The van der Waals surface area contributed by atoms with Crippen LogP contribution in [0.4, 0.5) is 4.79 Å². The van der Waals surface area contributed by atoms with Gasteiger partial charge in [-0.25, -0.2) is 4.79 Å². The molecule has 106 valence electrons. The summed E-state index contributed by atoms with van der Waals surface area (Å²) in [5.74, 6) is 0.837. The molecular weight excluding hydrogens is 244 g/mol. The van der Waals surface area contributed by atoms with E-state index in [1.165, 1.54) is 0 Å². The Morgan fingerprint density at radius 2 is 1.95 bits per heavy atom. The van der Waals surface area contributed by atoms with E-state index in [2.05, 4.69) is 10.6 Å². The van der Waals surface area contributed by atoms with Crippen molar-refractivity contribution in [3.05, 3.63) is 30.3 Å². The van der Waals surface area contributed by atoms with Gasteiger partial charge in [0.15, 0.2) is 0 Å². The number of carbonyl (C=O) groups excluding carboxylic acids is 1. The fourth-order valence-corrected chi connectivity index (χ4v) is 1.44. The van der Waals surface area contributed by atoms with Gasteiger partial charge in [0.25, 0.3) is 0 Å². The molecule has 0 heterocycles. The quantitative estimate of drug-likeness (QED) is 0.625. The third-order valence-corrected chi connectivity index (χ3v) is 2.47. The highest BCUT2D eigenvalue weighted by molar-refractivity contribution is 5.73. The molecule has 0 saturated carbocycles. The Bertz CT molecular complexity index is 355. The second kappa shape index (κ2) is 9.22. The van der Waals surface area contributed by atoms with Crippen LogP contribution >= 0.6 is 0 Å². The van der Waals surface area contributed by atoms with E-state index in [9.17, 15) is 4.79 Å². The lowest BCUT2D eigenvalue weighted by Gasteiger charge is -2.09. The van der Waals surface area contributed by atoms with Crippen LogP contribution in [0.25, 0.3) is 0 Å². The molecule has 1 aromatic carbocycles. The molecule has 0 aliphatic rings. The summed E-state index contributed by atoms with van der Waals surface area (Å²) >= 11 is 0. The number of para-hydroxylation sites is 1. The first-order valence-electron chi connectivity index (χ1n) is 6.56. The molecule has 19 heavy (non-hydrogen) atoms. The first-order chi connectivity index (χ1) is 9.18. The van der Waals surface area contributed by atoms with Gasteiger partial charge in [0.1, 0.15) is 5.75 Å². The van der Waals surface area contributed by atoms with Crippen molar-refractivity contribution in [2.45, 2.75) is 25.9 Å². The predicted molar refractivity (Wildman–Crippen MR) is 74.3 cm³/mol. The minimum Gasteiger partial charge on any atom is -0.494 e. The predicted octanol–water partition coefficient (Wildman–Crippen LogP) is 1.53. The zero-order valence-electron chi connectivity index (χ0n) is 11.3. The molecule has 5 heteroatoms. The highest BCUT2D eigenvalue weighted by atomic mass is 16.5. The van der Waals surface area contributed by atoms with Crippen molar-refractivity contribution in [1.29, 1.82) is 0 Å². The van der Waals surface area contributed by atoms with Gasteiger partial charge in [-0.15, -0.1) is 0 Å². The molecule has 5 nitrogen and oxygen atoms in total. The molecule has 0 aliphatic heterocycles. The Labute approximate surface area is 114 Å². The Hall–Kier alpha value is -1.75. The van der Waals surface area contributed by atoms with Crippen LogP contribution in [0, 0.1) is 0 Å². The zero-order chi connectivity index (χ0) is 13.9. The van der Waals surface area contributed by atoms with Crippen LogP contribution in [0.1, 0.15) is 19.8 Å². The molecule has 2 amide bonds. The van der Waals surface area contributed by atoms with Crippen molar-refractivity contribution in [2.75, 3.05) is 19.7 Å². The molecule has 1 unspecified atom stereocenters. The number of ether oxygens (including phenoxy) is 1. The number of nitrogens with one attached hydrogen (secondary N) is 2. The molecule has 1 atom stereocenters. The van der Waals surface area contributed by atoms with E-state index < -0.39 is 0 Å². The van der Waals surface area contributed by atoms with Crippen LogP contribution in [-0.4, -0.2) is 36.9 Å². The van der Waals surface area contributed by atoms with Crippen molar-refractivity contribution in [3.8, 4) is 5.75 Å². The maximum atomic E-state index is 11.3. The first-order valence-corrected chi connectivity index (χ1v) is 6.56. The van der Waals surface area contributed by atoms with Gasteiger partial charge in [-0.05, 0) is 31.9 Å². The van der Waals surface area contributed by atoms with Gasteiger partial charge in [-0.3, -0.25) is 0 Å². The molecule has 0 spiro atoms. The molecule has 0 aromatic heterocycles. The number of hydrogen-bond donors (Lipinski definition) is 3. The summed E-state index contributed by atoms with van der Waals surface area (Å²) in [5.41, 5.74) is 0. The average Bonchev–Trinajstić information content (AvgIpc) is 2.39. The summed E-state index contributed by atoms with van der Waals surface area (Å²) in [7, 11) is 0. The van der Waals surface area contributed by atoms with Gasteiger partial charge < -0.3 is 20.5 Å². The Balaban J connectivity index is 1.97. The summed E-state index contributed by atoms with van der Waals surface area (Å²) in [5, 5.41) is 14.4. The standard InChI is InChI=1S/C14H22N2O3/c1-12(17)8-10-16-14(18)15-9-5-11-19-13-6-3-2-4-7-13/h2-4,6-7,12,17H,5,8-11H2,1H3,(H2,15,16,18). The molecule has 1 rings (SSSR count). The Kier molecular flexibility index (Phi) is 7.43. The van der Waals surface area contributed by atoms with Gasteiger partial charge in [-0.1, -0.05) is 18.2 Å². The normalized spacial score (nSPS) is 11.7. The number of hydrogen-bond acceptors (Lipinski definition) is 3. The number of aliphatic hydroxyl groups excluding tert-OH is 1. The topological polar surface area (TPSA) is 70.6 Å². The van der Waals surface area contributed by atoms with Crippen LogP contribution in [0.5, 0.6) is 5.75 Å². The molecular formula is C14H22N2O3. The fraction of sp³-hybridized carbons (Fsp3) is 0.500. The lowest BCUT2D eigenvalue weighted by Crippen LogP contribution is -2.37. The van der Waals surface area contributed by atoms with Crippen LogP contribution < -0.4 is 15.4 Å². The number of rotatable bonds is 8. The van der Waals surface area contributed by atoms with Gasteiger partial charge >= 0.3 is 6.03 Å². The SMILES string of the molecule is CC(O)CCNC(=O)NCCCOc1ccccc1. The van der Waals surface area contributed by atoms with Crippen LogP contribution in [0.15, 0.2) is 30.3 Å². The minimum absolute atomic E-state index is 0.208. The largest absolute Gasteiger partial charge is 0.494 e. The van der Waals surface area contributed by atoms with E-state index >= 15 is 0 Å². The summed E-state index contributed by atoms with van der Waals surface area (Å²) in [6.45, 7) is 3.30. The second-order valence-electron chi connectivity index (χ2n) is 4.34. The molecule has 0 fully saturated rings. The van der Waals surface area contributed by atoms with Gasteiger partial charge in [0, 0.05) is 13.1 Å². The van der Waals surface area contributed by atoms with Gasteiger partial charge in [0.05, 0.1) is 12.7 Å². The number of urea groups is 1. The Morgan fingerprint density at radius 3 is 2.63 bits per heavy atom.